The Hall–Kier alpha value is -5.62. The Morgan fingerprint density at radius 2 is 1.02 bits per heavy atom. The number of benzene rings is 5. The molecule has 6 nitrogen and oxygen atoms in total. The Labute approximate surface area is 265 Å². The van der Waals surface area contributed by atoms with Crippen LogP contribution < -0.4 is 14.8 Å². The summed E-state index contributed by atoms with van der Waals surface area (Å²) in [7, 11) is 0. The highest BCUT2D eigenvalue weighted by molar-refractivity contribution is 6.05. The summed E-state index contributed by atoms with van der Waals surface area (Å²) in [6.07, 6.45) is 2.80. The van der Waals surface area contributed by atoms with Crippen LogP contribution in [0.4, 0.5) is 34.3 Å². The number of anilines is 6. The third kappa shape index (κ3) is 5.83. The quantitative estimate of drug-likeness (QED) is 0.186. The van der Waals surface area contributed by atoms with Crippen molar-refractivity contribution in [2.24, 2.45) is 5.10 Å². The number of hydrazone groups is 1. The van der Waals surface area contributed by atoms with Crippen molar-refractivity contribution in [1.82, 2.24) is 9.78 Å². The average molecular weight is 589 g/mol. The smallest absolute Gasteiger partial charge is 0.161 e. The van der Waals surface area contributed by atoms with Crippen molar-refractivity contribution in [1.29, 1.82) is 0 Å². The lowest BCUT2D eigenvalue weighted by Gasteiger charge is -2.27. The van der Waals surface area contributed by atoms with Gasteiger partial charge in [0.05, 0.1) is 17.4 Å². The van der Waals surface area contributed by atoms with E-state index < -0.39 is 0 Å². The Morgan fingerprint density at radius 3 is 1.56 bits per heavy atom. The molecule has 1 atom stereocenters. The molecule has 0 bridgehead atoms. The summed E-state index contributed by atoms with van der Waals surface area (Å²) >= 11 is 0. The normalized spacial score (nSPS) is 14.3. The summed E-state index contributed by atoms with van der Waals surface area (Å²) in [6, 6.07) is 48.9. The van der Waals surface area contributed by atoms with E-state index in [1.165, 1.54) is 11.1 Å². The van der Waals surface area contributed by atoms with E-state index >= 15 is 0 Å². The molecule has 222 valence electrons. The van der Waals surface area contributed by atoms with Crippen LogP contribution in [0.5, 0.6) is 0 Å². The largest absolute Gasteiger partial charge is 0.311 e. The van der Waals surface area contributed by atoms with E-state index in [-0.39, 0.29) is 6.04 Å². The maximum Gasteiger partial charge on any atom is 0.161 e. The van der Waals surface area contributed by atoms with Gasteiger partial charge in [-0.3, -0.25) is 9.91 Å². The summed E-state index contributed by atoms with van der Waals surface area (Å²) in [5.74, 6) is 1.77. The number of aryl methyl sites for hydroxylation is 2. The second-order valence-electron chi connectivity index (χ2n) is 11.6. The maximum absolute atomic E-state index is 5.16. The molecule has 1 aliphatic rings. The molecule has 0 amide bonds. The van der Waals surface area contributed by atoms with Gasteiger partial charge in [0.2, 0.25) is 0 Å². The van der Waals surface area contributed by atoms with Crippen molar-refractivity contribution < 1.29 is 0 Å². The van der Waals surface area contributed by atoms with Crippen molar-refractivity contribution in [2.45, 2.75) is 33.2 Å². The van der Waals surface area contributed by atoms with Crippen molar-refractivity contribution >= 4 is 40.1 Å². The van der Waals surface area contributed by atoms with Crippen molar-refractivity contribution in [3.63, 3.8) is 0 Å². The zero-order valence-electron chi connectivity index (χ0n) is 25.8. The van der Waals surface area contributed by atoms with E-state index in [0.29, 0.717) is 0 Å². The first-order chi connectivity index (χ1) is 22.0. The summed E-state index contributed by atoms with van der Waals surface area (Å²) in [5.41, 5.74) is 8.88. The molecule has 0 N–H and O–H groups in total. The molecule has 6 aromatic rings. The number of amidine groups is 1. The molecule has 0 saturated carbocycles. The first-order valence-corrected chi connectivity index (χ1v) is 15.4. The summed E-state index contributed by atoms with van der Waals surface area (Å²) < 4.78 is 1.92. The third-order valence-corrected chi connectivity index (χ3v) is 8.17. The Bertz CT molecular complexity index is 1850. The lowest BCUT2D eigenvalue weighted by atomic mass is 10.1. The van der Waals surface area contributed by atoms with Gasteiger partial charge in [-0.15, -0.1) is 5.10 Å². The molecular formula is C39H36N6. The highest BCUT2D eigenvalue weighted by Crippen LogP contribution is 2.38. The number of nitrogens with zero attached hydrogens (tertiary/aromatic N) is 6. The lowest BCUT2D eigenvalue weighted by Crippen LogP contribution is -2.26. The van der Waals surface area contributed by atoms with Gasteiger partial charge in [-0.05, 0) is 93.6 Å². The molecule has 1 aliphatic heterocycles. The fourth-order valence-corrected chi connectivity index (χ4v) is 5.80. The molecule has 1 aromatic heterocycles. The first kappa shape index (κ1) is 28.2. The molecule has 6 heteroatoms. The molecule has 7 rings (SSSR count). The van der Waals surface area contributed by atoms with Crippen LogP contribution in [0.25, 0.3) is 5.69 Å². The van der Waals surface area contributed by atoms with E-state index in [2.05, 4.69) is 151 Å². The minimum absolute atomic E-state index is 0.207. The van der Waals surface area contributed by atoms with Crippen molar-refractivity contribution in [2.75, 3.05) is 14.8 Å². The molecule has 0 spiro atoms. The lowest BCUT2D eigenvalue weighted by molar-refractivity contribution is 0.723. The van der Waals surface area contributed by atoms with Gasteiger partial charge in [-0.25, -0.2) is 4.68 Å². The van der Waals surface area contributed by atoms with Crippen LogP contribution in [0.2, 0.25) is 0 Å². The van der Waals surface area contributed by atoms with Crippen LogP contribution in [0.15, 0.2) is 151 Å². The first-order valence-electron chi connectivity index (χ1n) is 15.4. The topological polar surface area (TPSA) is 39.9 Å². The van der Waals surface area contributed by atoms with Gasteiger partial charge in [-0.2, -0.15) is 5.10 Å². The van der Waals surface area contributed by atoms with E-state index in [1.807, 2.05) is 35.1 Å². The summed E-state index contributed by atoms with van der Waals surface area (Å²) in [4.78, 5) is 4.48. The predicted octanol–water partition coefficient (Wildman–Crippen LogP) is 9.71. The summed E-state index contributed by atoms with van der Waals surface area (Å²) in [6.45, 7) is 6.45. The minimum atomic E-state index is 0.207. The molecule has 0 saturated heterocycles. The van der Waals surface area contributed by atoms with Crippen LogP contribution in [-0.4, -0.2) is 21.7 Å². The standard InChI is InChI=1S/C39H36N6/c1-29-14-18-33(19-15-29)43(34-20-16-30(2)17-21-34)35-22-24-36(25-23-35)44(38-26-27-42(40-38)32-10-6-4-7-11-32)39-28-31(3)45(41-39)37-12-8-5-9-13-37/h4-27,31H,28H2,1-3H3. The van der Waals surface area contributed by atoms with E-state index in [9.17, 15) is 0 Å². The minimum Gasteiger partial charge on any atom is -0.311 e. The van der Waals surface area contributed by atoms with Gasteiger partial charge in [-0.1, -0.05) is 71.8 Å². The number of aromatic nitrogens is 2. The van der Waals surface area contributed by atoms with Gasteiger partial charge in [0, 0.05) is 41.4 Å². The monoisotopic (exact) mass is 588 g/mol. The summed E-state index contributed by atoms with van der Waals surface area (Å²) in [5, 5.41) is 12.3. The van der Waals surface area contributed by atoms with Crippen LogP contribution in [-0.2, 0) is 0 Å². The van der Waals surface area contributed by atoms with Crippen LogP contribution in [0.3, 0.4) is 0 Å². The highest BCUT2D eigenvalue weighted by atomic mass is 15.5. The number of hydrogen-bond donors (Lipinski definition) is 0. The van der Waals surface area contributed by atoms with Crippen molar-refractivity contribution in [3.05, 3.63) is 157 Å². The molecule has 0 aliphatic carbocycles. The predicted molar refractivity (Wildman–Crippen MR) is 187 cm³/mol. The van der Waals surface area contributed by atoms with E-state index in [4.69, 9.17) is 10.2 Å². The Balaban J connectivity index is 1.29. The zero-order valence-corrected chi connectivity index (χ0v) is 25.8. The number of para-hydroxylation sites is 2. The fourth-order valence-electron chi connectivity index (χ4n) is 5.80. The van der Waals surface area contributed by atoms with Crippen LogP contribution in [0, 0.1) is 13.8 Å². The van der Waals surface area contributed by atoms with E-state index in [1.54, 1.807) is 0 Å². The third-order valence-electron chi connectivity index (χ3n) is 8.17. The second kappa shape index (κ2) is 12.2. The molecule has 5 aromatic carbocycles. The molecule has 1 unspecified atom stereocenters. The van der Waals surface area contributed by atoms with Gasteiger partial charge < -0.3 is 4.90 Å². The van der Waals surface area contributed by atoms with Gasteiger partial charge >= 0.3 is 0 Å². The molecule has 0 fully saturated rings. The Morgan fingerprint density at radius 1 is 0.556 bits per heavy atom. The average Bonchev–Trinajstić information content (AvgIpc) is 3.72. The SMILES string of the molecule is Cc1ccc(N(c2ccc(C)cc2)c2ccc(N(C3=NN(c4ccccc4)C(C)C3)c3ccn(-c4ccccc4)n3)cc2)cc1. The van der Waals surface area contributed by atoms with Crippen molar-refractivity contribution in [3.8, 4) is 5.69 Å². The molecular weight excluding hydrogens is 552 g/mol. The highest BCUT2D eigenvalue weighted by Gasteiger charge is 2.30. The van der Waals surface area contributed by atoms with Crippen LogP contribution >= 0.6 is 0 Å². The second-order valence-corrected chi connectivity index (χ2v) is 11.6. The molecule has 45 heavy (non-hydrogen) atoms. The molecule has 0 radical (unpaired) electrons. The van der Waals surface area contributed by atoms with E-state index in [0.717, 1.165) is 52.2 Å². The zero-order chi connectivity index (χ0) is 30.8. The van der Waals surface area contributed by atoms with Crippen LogP contribution in [0.1, 0.15) is 24.5 Å². The number of rotatable bonds is 7. The van der Waals surface area contributed by atoms with Gasteiger partial charge in [0.15, 0.2) is 5.82 Å². The maximum atomic E-state index is 5.16. The fraction of sp³-hybridized carbons (Fsp3) is 0.128. The molecule has 2 heterocycles. The van der Waals surface area contributed by atoms with Gasteiger partial charge in [0.1, 0.15) is 5.84 Å². The van der Waals surface area contributed by atoms with Gasteiger partial charge in [0.25, 0.3) is 0 Å². The Kier molecular flexibility index (Phi) is 7.62. The number of hydrogen-bond acceptors (Lipinski definition) is 5.